The SMILES string of the molecule is Cn1c(-c2ccccc2-c2cccc(NCC(=O)O)c2)nc(-c2ccccc2)c1-c1ccccc1. The number of carboxylic acids is 1. The van der Waals surface area contributed by atoms with Crippen LogP contribution in [0.5, 0.6) is 0 Å². The number of carbonyl (C=O) groups is 1. The molecule has 172 valence electrons. The molecule has 1 heterocycles. The lowest BCUT2D eigenvalue weighted by Gasteiger charge is -2.13. The minimum Gasteiger partial charge on any atom is -0.480 e. The largest absolute Gasteiger partial charge is 0.480 e. The van der Waals surface area contributed by atoms with Crippen LogP contribution in [-0.2, 0) is 11.8 Å². The zero-order valence-corrected chi connectivity index (χ0v) is 19.3. The molecule has 2 N–H and O–H groups in total. The van der Waals surface area contributed by atoms with Crippen LogP contribution in [-0.4, -0.2) is 27.2 Å². The van der Waals surface area contributed by atoms with E-state index in [2.05, 4.69) is 53.3 Å². The number of benzene rings is 4. The number of rotatable bonds is 7. The molecule has 0 atom stereocenters. The van der Waals surface area contributed by atoms with Crippen molar-refractivity contribution >= 4 is 11.7 Å². The highest BCUT2D eigenvalue weighted by atomic mass is 16.4. The Bertz CT molecular complexity index is 1470. The van der Waals surface area contributed by atoms with Gasteiger partial charge in [-0.2, -0.15) is 0 Å². The second kappa shape index (κ2) is 9.69. The van der Waals surface area contributed by atoms with Crippen molar-refractivity contribution in [3.8, 4) is 45.0 Å². The lowest BCUT2D eigenvalue weighted by molar-refractivity contribution is -0.134. The predicted molar refractivity (Wildman–Crippen MR) is 141 cm³/mol. The molecule has 0 saturated carbocycles. The topological polar surface area (TPSA) is 67.2 Å². The number of carboxylic acid groups (broad SMARTS) is 1. The maximum Gasteiger partial charge on any atom is 0.322 e. The summed E-state index contributed by atoms with van der Waals surface area (Å²) in [6, 6.07) is 36.5. The molecule has 0 spiro atoms. The minimum atomic E-state index is -0.898. The van der Waals surface area contributed by atoms with Gasteiger partial charge in [0.25, 0.3) is 0 Å². The van der Waals surface area contributed by atoms with Crippen LogP contribution in [0.1, 0.15) is 0 Å². The zero-order valence-electron chi connectivity index (χ0n) is 19.3. The van der Waals surface area contributed by atoms with Gasteiger partial charge in [0, 0.05) is 29.4 Å². The number of aromatic nitrogens is 2. The lowest BCUT2D eigenvalue weighted by atomic mass is 9.98. The number of aliphatic carboxylic acids is 1. The highest BCUT2D eigenvalue weighted by molar-refractivity contribution is 5.87. The summed E-state index contributed by atoms with van der Waals surface area (Å²) in [4.78, 5) is 16.2. The van der Waals surface area contributed by atoms with E-state index in [0.717, 1.165) is 50.7 Å². The van der Waals surface area contributed by atoms with E-state index in [-0.39, 0.29) is 6.54 Å². The van der Waals surface area contributed by atoms with Crippen molar-refractivity contribution in [1.82, 2.24) is 9.55 Å². The number of nitrogens with zero attached hydrogens (tertiary/aromatic N) is 2. The fourth-order valence-corrected chi connectivity index (χ4v) is 4.37. The Morgan fingerprint density at radius 2 is 1.37 bits per heavy atom. The third-order valence-electron chi connectivity index (χ3n) is 5.97. The van der Waals surface area contributed by atoms with Crippen molar-refractivity contribution in [2.45, 2.75) is 0 Å². The van der Waals surface area contributed by atoms with Crippen molar-refractivity contribution in [3.05, 3.63) is 109 Å². The van der Waals surface area contributed by atoms with Crippen LogP contribution in [0.15, 0.2) is 109 Å². The van der Waals surface area contributed by atoms with Crippen LogP contribution in [0, 0.1) is 0 Å². The van der Waals surface area contributed by atoms with Crippen molar-refractivity contribution in [1.29, 1.82) is 0 Å². The number of imidazole rings is 1. The standard InChI is InChI=1S/C30H25N3O2/c1-33-29(22-13-6-3-7-14-22)28(21-11-4-2-5-12-21)32-30(33)26-18-9-8-17-25(26)23-15-10-16-24(19-23)31-20-27(34)35/h2-19,31H,20H2,1H3,(H,34,35). The first-order valence-corrected chi connectivity index (χ1v) is 11.4. The van der Waals surface area contributed by atoms with Gasteiger partial charge in [0.05, 0.1) is 11.4 Å². The molecule has 0 amide bonds. The fraction of sp³-hybridized carbons (Fsp3) is 0.0667. The Kier molecular flexibility index (Phi) is 6.14. The monoisotopic (exact) mass is 459 g/mol. The first-order chi connectivity index (χ1) is 17.1. The Morgan fingerprint density at radius 1 is 0.771 bits per heavy atom. The molecular formula is C30H25N3O2. The molecule has 0 fully saturated rings. The molecule has 0 radical (unpaired) electrons. The van der Waals surface area contributed by atoms with Gasteiger partial charge in [-0.05, 0) is 23.3 Å². The molecule has 4 aromatic carbocycles. The summed E-state index contributed by atoms with van der Waals surface area (Å²) < 4.78 is 2.16. The van der Waals surface area contributed by atoms with Crippen molar-refractivity contribution < 1.29 is 9.90 Å². The van der Waals surface area contributed by atoms with E-state index in [0.29, 0.717) is 0 Å². The van der Waals surface area contributed by atoms with E-state index in [1.165, 1.54) is 0 Å². The fourth-order valence-electron chi connectivity index (χ4n) is 4.37. The van der Waals surface area contributed by atoms with E-state index in [1.807, 2.05) is 72.8 Å². The molecule has 5 nitrogen and oxygen atoms in total. The Hall–Kier alpha value is -4.64. The van der Waals surface area contributed by atoms with Gasteiger partial charge in [-0.1, -0.05) is 97.1 Å². The van der Waals surface area contributed by atoms with E-state index >= 15 is 0 Å². The van der Waals surface area contributed by atoms with Crippen molar-refractivity contribution in [2.24, 2.45) is 7.05 Å². The summed E-state index contributed by atoms with van der Waals surface area (Å²) in [6.07, 6.45) is 0. The second-order valence-electron chi connectivity index (χ2n) is 8.30. The molecule has 1 aromatic heterocycles. The zero-order chi connectivity index (χ0) is 24.2. The molecule has 0 bridgehead atoms. The first kappa shape index (κ1) is 22.2. The second-order valence-corrected chi connectivity index (χ2v) is 8.30. The normalized spacial score (nSPS) is 10.8. The summed E-state index contributed by atoms with van der Waals surface area (Å²) in [7, 11) is 2.05. The predicted octanol–water partition coefficient (Wildman–Crippen LogP) is 6.58. The molecule has 5 aromatic rings. The van der Waals surface area contributed by atoms with Crippen LogP contribution < -0.4 is 5.32 Å². The number of anilines is 1. The molecule has 0 saturated heterocycles. The summed E-state index contributed by atoms with van der Waals surface area (Å²) in [6.45, 7) is -0.134. The molecule has 0 aliphatic heterocycles. The molecule has 35 heavy (non-hydrogen) atoms. The van der Waals surface area contributed by atoms with Gasteiger partial charge >= 0.3 is 5.97 Å². The molecule has 0 unspecified atom stereocenters. The van der Waals surface area contributed by atoms with Crippen LogP contribution in [0.25, 0.3) is 45.0 Å². The van der Waals surface area contributed by atoms with Gasteiger partial charge in [-0.25, -0.2) is 4.98 Å². The number of nitrogens with one attached hydrogen (secondary N) is 1. The van der Waals surface area contributed by atoms with E-state index < -0.39 is 5.97 Å². The average Bonchev–Trinajstić information content (AvgIpc) is 3.25. The van der Waals surface area contributed by atoms with Gasteiger partial charge in [0.2, 0.25) is 0 Å². The maximum absolute atomic E-state index is 11.0. The van der Waals surface area contributed by atoms with Crippen LogP contribution in [0.3, 0.4) is 0 Å². The quantitative estimate of drug-likeness (QED) is 0.288. The van der Waals surface area contributed by atoms with Crippen LogP contribution >= 0.6 is 0 Å². The van der Waals surface area contributed by atoms with E-state index in [1.54, 1.807) is 0 Å². The first-order valence-electron chi connectivity index (χ1n) is 11.4. The van der Waals surface area contributed by atoms with E-state index in [4.69, 9.17) is 10.1 Å². The Labute approximate surface area is 204 Å². The van der Waals surface area contributed by atoms with Gasteiger partial charge in [-0.15, -0.1) is 0 Å². The highest BCUT2D eigenvalue weighted by Crippen LogP contribution is 2.38. The molecule has 5 rings (SSSR count). The van der Waals surface area contributed by atoms with Gasteiger partial charge in [0.15, 0.2) is 0 Å². The molecule has 0 aliphatic rings. The van der Waals surface area contributed by atoms with Crippen LogP contribution in [0.2, 0.25) is 0 Å². The minimum absolute atomic E-state index is 0.134. The Morgan fingerprint density at radius 3 is 2.06 bits per heavy atom. The third kappa shape index (κ3) is 4.57. The third-order valence-corrected chi connectivity index (χ3v) is 5.97. The molecule has 5 heteroatoms. The summed E-state index contributed by atoms with van der Waals surface area (Å²) >= 11 is 0. The molecule has 0 aliphatic carbocycles. The van der Waals surface area contributed by atoms with Crippen LogP contribution in [0.4, 0.5) is 5.69 Å². The summed E-state index contributed by atoms with van der Waals surface area (Å²) in [5.74, 6) is -0.0344. The van der Waals surface area contributed by atoms with E-state index in [9.17, 15) is 4.79 Å². The van der Waals surface area contributed by atoms with Gasteiger partial charge < -0.3 is 15.0 Å². The lowest BCUT2D eigenvalue weighted by Crippen LogP contribution is -2.12. The van der Waals surface area contributed by atoms with Gasteiger partial charge in [0.1, 0.15) is 12.4 Å². The number of hydrogen-bond acceptors (Lipinski definition) is 3. The smallest absolute Gasteiger partial charge is 0.322 e. The summed E-state index contributed by atoms with van der Waals surface area (Å²) in [5.41, 5.74) is 7.93. The average molecular weight is 460 g/mol. The maximum atomic E-state index is 11.0. The van der Waals surface area contributed by atoms with Gasteiger partial charge in [-0.3, -0.25) is 4.79 Å². The Balaban J connectivity index is 1.67. The van der Waals surface area contributed by atoms with Crippen molar-refractivity contribution in [2.75, 3.05) is 11.9 Å². The molecular weight excluding hydrogens is 434 g/mol. The number of hydrogen-bond donors (Lipinski definition) is 2. The highest BCUT2D eigenvalue weighted by Gasteiger charge is 2.20. The van der Waals surface area contributed by atoms with Crippen molar-refractivity contribution in [3.63, 3.8) is 0 Å². The summed E-state index contributed by atoms with van der Waals surface area (Å²) in [5, 5.41) is 12.0.